The third kappa shape index (κ3) is 6.33. The van der Waals surface area contributed by atoms with Crippen molar-refractivity contribution in [2.24, 2.45) is 7.05 Å². The van der Waals surface area contributed by atoms with Crippen LogP contribution in [-0.4, -0.2) is 62.9 Å². The summed E-state index contributed by atoms with van der Waals surface area (Å²) in [6, 6.07) is 6.44. The lowest BCUT2D eigenvalue weighted by Crippen LogP contribution is -2.44. The molecular weight excluding hydrogens is 580 g/mol. The van der Waals surface area contributed by atoms with Gasteiger partial charge in [-0.25, -0.2) is 18.1 Å². The number of benzene rings is 2. The minimum atomic E-state index is -4.25. The first-order valence-corrected chi connectivity index (χ1v) is 18.4. The van der Waals surface area contributed by atoms with Gasteiger partial charge in [-0.2, -0.15) is 12.7 Å². The summed E-state index contributed by atoms with van der Waals surface area (Å²) in [7, 11) is -4.12. The van der Waals surface area contributed by atoms with Gasteiger partial charge < -0.3 is 14.6 Å². The van der Waals surface area contributed by atoms with Crippen molar-refractivity contribution in [2.75, 3.05) is 36.0 Å². The summed E-state index contributed by atoms with van der Waals surface area (Å²) in [6.07, 6.45) is 0.232. The maximum absolute atomic E-state index is 15.2. The zero-order valence-electron chi connectivity index (χ0n) is 23.2. The number of hydrogen-bond acceptors (Lipinski definition) is 6. The number of rotatable bonds is 10. The smallest absolute Gasteiger partial charge is 0.306 e. The average molecular weight is 614 g/mol. The maximum atomic E-state index is 15.2. The third-order valence-corrected chi connectivity index (χ3v) is 10.8. The molecule has 1 unspecified atom stereocenters. The highest BCUT2D eigenvalue weighted by molar-refractivity contribution is 7.90. The van der Waals surface area contributed by atoms with E-state index in [2.05, 4.69) is 29.9 Å². The number of nitrogens with zero attached hydrogens (tertiary/aromatic N) is 4. The Labute approximate surface area is 238 Å². The maximum Gasteiger partial charge on any atom is 0.306 e. The Morgan fingerprint density at radius 2 is 1.98 bits per heavy atom. The molecule has 1 fully saturated rings. The molecule has 218 valence electrons. The number of nitrogens with one attached hydrogen (secondary N) is 1. The van der Waals surface area contributed by atoms with E-state index in [0.717, 1.165) is 20.7 Å². The molecule has 3 aromatic rings. The fourth-order valence-corrected chi connectivity index (χ4v) is 7.08. The Hall–Kier alpha value is -2.58. The van der Waals surface area contributed by atoms with Gasteiger partial charge in [0.25, 0.3) is 5.56 Å². The highest BCUT2D eigenvalue weighted by Gasteiger charge is 2.37. The van der Waals surface area contributed by atoms with Crippen molar-refractivity contribution in [1.29, 1.82) is 0 Å². The van der Waals surface area contributed by atoms with Crippen LogP contribution in [0.3, 0.4) is 0 Å². The van der Waals surface area contributed by atoms with Crippen LogP contribution in [-0.2, 0) is 22.0 Å². The zero-order chi connectivity index (χ0) is 29.4. The fraction of sp³-hybridized carbons (Fsp3) is 0.462. The van der Waals surface area contributed by atoms with Gasteiger partial charge in [-0.05, 0) is 49.2 Å². The van der Waals surface area contributed by atoms with Crippen LogP contribution >= 0.6 is 11.6 Å². The van der Waals surface area contributed by atoms with Crippen LogP contribution in [0.2, 0.25) is 30.7 Å². The molecule has 2 heterocycles. The van der Waals surface area contributed by atoms with E-state index < -0.39 is 30.3 Å². The number of hydrogen-bond donors (Lipinski definition) is 1. The summed E-state index contributed by atoms with van der Waals surface area (Å²) in [5.41, 5.74) is 0.951. The van der Waals surface area contributed by atoms with Crippen LogP contribution in [0.4, 0.5) is 25.8 Å². The molecule has 40 heavy (non-hydrogen) atoms. The van der Waals surface area contributed by atoms with Crippen LogP contribution < -0.4 is 15.2 Å². The number of fused-ring (bicyclic) bond motifs is 1. The summed E-state index contributed by atoms with van der Waals surface area (Å²) in [4.78, 5) is 17.0. The molecule has 1 atom stereocenters. The molecule has 1 aliphatic rings. The molecular formula is C26H34ClF2N5O4SSi. The van der Waals surface area contributed by atoms with Gasteiger partial charge in [0.1, 0.15) is 18.7 Å². The van der Waals surface area contributed by atoms with E-state index in [1.807, 2.05) is 0 Å². The lowest BCUT2D eigenvalue weighted by atomic mass is 10.1. The Kier molecular flexibility index (Phi) is 8.90. The first-order chi connectivity index (χ1) is 18.7. The lowest BCUT2D eigenvalue weighted by Gasteiger charge is -2.30. The molecule has 2 aromatic carbocycles. The monoisotopic (exact) mass is 613 g/mol. The first kappa shape index (κ1) is 30.4. The molecule has 1 N–H and O–H groups in total. The molecule has 9 nitrogen and oxygen atoms in total. The van der Waals surface area contributed by atoms with Gasteiger partial charge in [0.2, 0.25) is 0 Å². The third-order valence-electron chi connectivity index (χ3n) is 6.85. The second-order valence-corrected chi connectivity index (χ2v) is 19.0. The second kappa shape index (κ2) is 11.7. The molecule has 0 spiro atoms. The van der Waals surface area contributed by atoms with Crippen LogP contribution in [0.1, 0.15) is 12.0 Å². The van der Waals surface area contributed by atoms with Crippen molar-refractivity contribution in [3.05, 3.63) is 57.3 Å². The quantitative estimate of drug-likeness (QED) is 0.192. The van der Waals surface area contributed by atoms with E-state index in [4.69, 9.17) is 16.3 Å². The van der Waals surface area contributed by atoms with E-state index in [1.165, 1.54) is 17.0 Å². The van der Waals surface area contributed by atoms with Crippen molar-refractivity contribution in [3.63, 3.8) is 0 Å². The zero-order valence-corrected chi connectivity index (χ0v) is 25.7. The van der Waals surface area contributed by atoms with Gasteiger partial charge in [0, 0.05) is 40.5 Å². The summed E-state index contributed by atoms with van der Waals surface area (Å²) in [6.45, 7) is 7.91. The molecule has 0 saturated carbocycles. The predicted octanol–water partition coefficient (Wildman–Crippen LogP) is 5.19. The number of halogens is 3. The van der Waals surface area contributed by atoms with E-state index in [9.17, 15) is 17.6 Å². The summed E-state index contributed by atoms with van der Waals surface area (Å²) < 4.78 is 65.6. The first-order valence-electron chi connectivity index (χ1n) is 12.9. The van der Waals surface area contributed by atoms with Gasteiger partial charge in [-0.15, -0.1) is 0 Å². The Morgan fingerprint density at radius 1 is 1.25 bits per heavy atom. The fourth-order valence-electron chi connectivity index (χ4n) is 4.39. The van der Waals surface area contributed by atoms with E-state index >= 15 is 4.39 Å². The number of aryl methyl sites for hydroxylation is 2. The summed E-state index contributed by atoms with van der Waals surface area (Å²) >= 11 is 6.68. The van der Waals surface area contributed by atoms with Crippen molar-refractivity contribution in [3.8, 4) is 0 Å². The van der Waals surface area contributed by atoms with E-state index in [0.29, 0.717) is 28.8 Å². The van der Waals surface area contributed by atoms with E-state index in [-0.39, 0.29) is 48.2 Å². The molecule has 1 aliphatic heterocycles. The minimum Gasteiger partial charge on any atom is -0.360 e. The summed E-state index contributed by atoms with van der Waals surface area (Å²) in [5.74, 6) is -0.727. The molecule has 1 aromatic heterocycles. The summed E-state index contributed by atoms with van der Waals surface area (Å²) in [5, 5.41) is 3.10. The molecule has 4 rings (SSSR count). The molecule has 0 aliphatic carbocycles. The van der Waals surface area contributed by atoms with Crippen molar-refractivity contribution in [2.45, 2.75) is 45.2 Å². The largest absolute Gasteiger partial charge is 0.360 e. The second-order valence-electron chi connectivity index (χ2n) is 11.1. The number of ether oxygens (including phenoxy) is 1. The standard InChI is InChI=1S/C26H34ClF2N5O4SSi/c1-17-20(7-8-21-23(17)26(35)32(2)15-30-21)31-25-19(29)6-9-22(24(25)27)34(16-38-12-13-40(3,4)5)39(36,37)33-11-10-18(28)14-33/h6-9,15,18,31H,10-14,16H2,1-5H3. The topological polar surface area (TPSA) is 96.8 Å². The minimum absolute atomic E-state index is 0.0120. The van der Waals surface area contributed by atoms with Gasteiger partial charge in [-0.1, -0.05) is 31.2 Å². The number of aromatic nitrogens is 2. The Morgan fingerprint density at radius 3 is 2.62 bits per heavy atom. The van der Waals surface area contributed by atoms with Crippen LogP contribution in [0.15, 0.2) is 35.4 Å². The Balaban J connectivity index is 1.74. The lowest BCUT2D eigenvalue weighted by molar-refractivity contribution is 0.155. The molecule has 1 saturated heterocycles. The number of alkyl halides is 1. The van der Waals surface area contributed by atoms with Crippen molar-refractivity contribution < 1.29 is 21.9 Å². The average Bonchev–Trinajstić information content (AvgIpc) is 3.32. The van der Waals surface area contributed by atoms with Gasteiger partial charge in [-0.3, -0.25) is 4.79 Å². The SMILES string of the molecule is Cc1c(Nc2c(F)ccc(N(COCC[Si](C)(C)C)S(=O)(=O)N3CCC(F)C3)c2Cl)ccc2ncn(C)c(=O)c12. The van der Waals surface area contributed by atoms with Crippen molar-refractivity contribution >= 4 is 57.8 Å². The molecule has 0 amide bonds. The predicted molar refractivity (Wildman–Crippen MR) is 158 cm³/mol. The highest BCUT2D eigenvalue weighted by Crippen LogP contribution is 2.39. The van der Waals surface area contributed by atoms with Crippen LogP contribution in [0.25, 0.3) is 10.9 Å². The molecule has 14 heteroatoms. The number of anilines is 3. The normalized spacial score (nSPS) is 16.6. The molecule has 0 bridgehead atoms. The van der Waals surface area contributed by atoms with Crippen LogP contribution in [0.5, 0.6) is 0 Å². The molecule has 0 radical (unpaired) electrons. The van der Waals surface area contributed by atoms with Crippen LogP contribution in [0, 0.1) is 12.7 Å². The van der Waals surface area contributed by atoms with Gasteiger partial charge >= 0.3 is 10.2 Å². The highest BCUT2D eigenvalue weighted by atomic mass is 35.5. The van der Waals surface area contributed by atoms with E-state index in [1.54, 1.807) is 26.1 Å². The Bertz CT molecular complexity index is 1580. The van der Waals surface area contributed by atoms with Gasteiger partial charge in [0.15, 0.2) is 0 Å². The van der Waals surface area contributed by atoms with Gasteiger partial charge in [0.05, 0.1) is 33.6 Å². The van der Waals surface area contributed by atoms with Crippen molar-refractivity contribution in [1.82, 2.24) is 13.9 Å².